The summed E-state index contributed by atoms with van der Waals surface area (Å²) in [5.74, 6) is -0.629. The molecule has 0 rings (SSSR count). The lowest BCUT2D eigenvalue weighted by Crippen LogP contribution is -2.36. The number of hydrogen-bond acceptors (Lipinski definition) is 7. The van der Waals surface area contributed by atoms with E-state index in [1.165, 1.54) is 116 Å². The molecule has 0 aliphatic carbocycles. The molecular formula is C47H88N2O6. The molecule has 322 valence electrons. The second-order valence-electron chi connectivity index (χ2n) is 15.4. The summed E-state index contributed by atoms with van der Waals surface area (Å²) in [5.41, 5.74) is 0. The van der Waals surface area contributed by atoms with Crippen molar-refractivity contribution in [2.45, 2.75) is 220 Å². The van der Waals surface area contributed by atoms with Gasteiger partial charge in [0.05, 0.1) is 0 Å². The number of carbonyl (C=O) groups excluding carboxylic acids is 3. The van der Waals surface area contributed by atoms with Gasteiger partial charge in [-0.2, -0.15) is 0 Å². The first-order valence-electron chi connectivity index (χ1n) is 23.2. The summed E-state index contributed by atoms with van der Waals surface area (Å²) >= 11 is 0. The number of nitrogens with one attached hydrogen (secondary N) is 1. The van der Waals surface area contributed by atoms with Crippen LogP contribution in [0.3, 0.4) is 0 Å². The van der Waals surface area contributed by atoms with Crippen LogP contribution in [0.2, 0.25) is 0 Å². The van der Waals surface area contributed by atoms with E-state index in [2.05, 4.69) is 62.2 Å². The molecule has 0 heterocycles. The Kier molecular flexibility index (Phi) is 41.0. The Morgan fingerprint density at radius 3 is 1.24 bits per heavy atom. The van der Waals surface area contributed by atoms with Gasteiger partial charge in [-0.25, -0.2) is 4.79 Å². The van der Waals surface area contributed by atoms with Gasteiger partial charge in [-0.05, 0) is 90.3 Å². The van der Waals surface area contributed by atoms with Crippen LogP contribution in [0.25, 0.3) is 0 Å². The zero-order valence-corrected chi connectivity index (χ0v) is 36.5. The molecule has 55 heavy (non-hydrogen) atoms. The Hall–Kier alpha value is -2.35. The Morgan fingerprint density at radius 1 is 0.491 bits per heavy atom. The molecule has 0 aromatic rings. The van der Waals surface area contributed by atoms with E-state index in [0.29, 0.717) is 19.4 Å². The van der Waals surface area contributed by atoms with Crippen molar-refractivity contribution >= 4 is 18.0 Å². The van der Waals surface area contributed by atoms with Crippen molar-refractivity contribution in [1.82, 2.24) is 10.2 Å². The molecule has 0 fully saturated rings. The van der Waals surface area contributed by atoms with Gasteiger partial charge in [0.25, 0.3) is 0 Å². The van der Waals surface area contributed by atoms with E-state index in [9.17, 15) is 14.4 Å². The first kappa shape index (κ1) is 52.6. The molecule has 0 unspecified atom stereocenters. The fourth-order valence-electron chi connectivity index (χ4n) is 6.54. The van der Waals surface area contributed by atoms with E-state index < -0.39 is 12.2 Å². The van der Waals surface area contributed by atoms with Crippen LogP contribution in [0, 0.1) is 0 Å². The van der Waals surface area contributed by atoms with Crippen LogP contribution in [0.1, 0.15) is 214 Å². The number of alkyl carbamates (subject to hydrolysis) is 1. The van der Waals surface area contributed by atoms with Gasteiger partial charge >= 0.3 is 18.0 Å². The van der Waals surface area contributed by atoms with Crippen molar-refractivity contribution < 1.29 is 28.6 Å². The lowest BCUT2D eigenvalue weighted by atomic mass is 10.1. The van der Waals surface area contributed by atoms with E-state index in [1.807, 2.05) is 0 Å². The first-order chi connectivity index (χ1) is 27.0. The molecule has 0 saturated heterocycles. The second-order valence-corrected chi connectivity index (χ2v) is 15.4. The molecule has 0 aromatic carbocycles. The number of ether oxygens (including phenoxy) is 3. The zero-order valence-electron chi connectivity index (χ0n) is 36.5. The summed E-state index contributed by atoms with van der Waals surface area (Å²) in [6.07, 6.45) is 40.5. The van der Waals surface area contributed by atoms with Crippen molar-refractivity contribution in [3.05, 3.63) is 24.3 Å². The van der Waals surface area contributed by atoms with E-state index in [0.717, 1.165) is 77.4 Å². The minimum atomic E-state index is -0.848. The third-order valence-corrected chi connectivity index (χ3v) is 10.2. The fourth-order valence-corrected chi connectivity index (χ4v) is 6.54. The molecule has 0 radical (unpaired) electrons. The maximum absolute atomic E-state index is 12.5. The van der Waals surface area contributed by atoms with Crippen LogP contribution in [0.15, 0.2) is 24.3 Å². The van der Waals surface area contributed by atoms with Crippen molar-refractivity contribution in [3.63, 3.8) is 0 Å². The molecule has 8 heteroatoms. The van der Waals surface area contributed by atoms with Gasteiger partial charge < -0.3 is 24.4 Å². The number of hydrogen-bond donors (Lipinski definition) is 1. The fraction of sp³-hybridized carbons (Fsp3) is 0.851. The first-order valence-corrected chi connectivity index (χ1v) is 23.2. The number of unbranched alkanes of at least 4 members (excludes halogenated alkanes) is 22. The van der Waals surface area contributed by atoms with Gasteiger partial charge in [-0.1, -0.05) is 155 Å². The molecule has 0 aromatic heterocycles. The number of nitrogens with zero attached hydrogens (tertiary/aromatic N) is 1. The number of esters is 2. The molecular weight excluding hydrogens is 689 g/mol. The number of amides is 1. The predicted octanol–water partition coefficient (Wildman–Crippen LogP) is 13.0. The van der Waals surface area contributed by atoms with E-state index >= 15 is 0 Å². The van der Waals surface area contributed by atoms with Gasteiger partial charge in [0.2, 0.25) is 0 Å². The molecule has 0 aliphatic heterocycles. The quantitative estimate of drug-likeness (QED) is 0.0286. The van der Waals surface area contributed by atoms with Crippen molar-refractivity contribution in [2.24, 2.45) is 0 Å². The highest BCUT2D eigenvalue weighted by atomic mass is 16.6. The third-order valence-electron chi connectivity index (χ3n) is 10.2. The number of rotatable bonds is 41. The Balaban J connectivity index is 4.30. The molecule has 8 nitrogen and oxygen atoms in total. The summed E-state index contributed by atoms with van der Waals surface area (Å²) in [6, 6.07) is 0. The molecule has 0 spiro atoms. The smallest absolute Gasteiger partial charge is 0.407 e. The molecule has 1 amide bonds. The SMILES string of the molecule is CCCCCCCC/C=C\CCCCCCCC(=O)OCC(COC(=O)CCCCCCC/C=C\CCCCCCCC)OC(=O)NCCCN(CC)CC. The Bertz CT molecular complexity index is 863. The monoisotopic (exact) mass is 777 g/mol. The highest BCUT2D eigenvalue weighted by Gasteiger charge is 2.19. The minimum absolute atomic E-state index is 0.128. The maximum atomic E-state index is 12.5. The summed E-state index contributed by atoms with van der Waals surface area (Å²) in [5, 5.41) is 2.78. The predicted molar refractivity (Wildman–Crippen MR) is 231 cm³/mol. The highest BCUT2D eigenvalue weighted by molar-refractivity contribution is 5.70. The topological polar surface area (TPSA) is 94.2 Å². The Morgan fingerprint density at radius 2 is 0.855 bits per heavy atom. The largest absolute Gasteiger partial charge is 0.462 e. The van der Waals surface area contributed by atoms with Gasteiger partial charge in [0, 0.05) is 19.4 Å². The third kappa shape index (κ3) is 39.7. The molecule has 1 N–H and O–H groups in total. The summed E-state index contributed by atoms with van der Waals surface area (Å²) < 4.78 is 16.5. The molecule has 0 atom stereocenters. The highest BCUT2D eigenvalue weighted by Crippen LogP contribution is 2.13. The zero-order chi connectivity index (χ0) is 40.3. The van der Waals surface area contributed by atoms with Gasteiger partial charge in [0.15, 0.2) is 6.10 Å². The number of allylic oxidation sites excluding steroid dienone is 4. The lowest BCUT2D eigenvalue weighted by molar-refractivity contribution is -0.152. The summed E-state index contributed by atoms with van der Waals surface area (Å²) in [6.45, 7) is 11.8. The van der Waals surface area contributed by atoms with Crippen LogP contribution in [-0.2, 0) is 23.8 Å². The van der Waals surface area contributed by atoms with Crippen molar-refractivity contribution in [1.29, 1.82) is 0 Å². The van der Waals surface area contributed by atoms with Gasteiger partial charge in [0.1, 0.15) is 13.2 Å². The van der Waals surface area contributed by atoms with Crippen LogP contribution < -0.4 is 5.32 Å². The molecule has 0 aliphatic rings. The second kappa shape index (κ2) is 42.8. The van der Waals surface area contributed by atoms with Gasteiger partial charge in [-0.3, -0.25) is 9.59 Å². The lowest BCUT2D eigenvalue weighted by Gasteiger charge is -2.20. The molecule has 0 bridgehead atoms. The van der Waals surface area contributed by atoms with Crippen LogP contribution in [-0.4, -0.2) is 68.4 Å². The average Bonchev–Trinajstić information content (AvgIpc) is 3.18. The van der Waals surface area contributed by atoms with Crippen molar-refractivity contribution in [3.8, 4) is 0 Å². The standard InChI is InChI=1S/C47H88N2O6/c1-5-9-11-13-15-17-19-21-23-25-27-29-31-33-35-38-45(50)53-42-44(55-47(52)48-40-37-41-49(7-3)8-4)43-54-46(51)39-36-34-32-30-28-26-24-22-20-18-16-14-12-10-6-2/h21-24,44H,5-20,25-43H2,1-4H3,(H,48,52)/b23-21-,24-22-. The number of carbonyl (C=O) groups is 3. The van der Waals surface area contributed by atoms with Crippen LogP contribution in [0.4, 0.5) is 4.79 Å². The van der Waals surface area contributed by atoms with Crippen LogP contribution in [0.5, 0.6) is 0 Å². The average molecular weight is 777 g/mol. The summed E-state index contributed by atoms with van der Waals surface area (Å²) in [4.78, 5) is 39.8. The minimum Gasteiger partial charge on any atom is -0.462 e. The van der Waals surface area contributed by atoms with E-state index in [1.54, 1.807) is 0 Å². The van der Waals surface area contributed by atoms with Crippen LogP contribution >= 0.6 is 0 Å². The van der Waals surface area contributed by atoms with Gasteiger partial charge in [-0.15, -0.1) is 0 Å². The van der Waals surface area contributed by atoms with Crippen molar-refractivity contribution in [2.75, 3.05) is 39.4 Å². The summed E-state index contributed by atoms with van der Waals surface area (Å²) in [7, 11) is 0. The molecule has 0 saturated carbocycles. The normalized spacial score (nSPS) is 11.7. The Labute approximate surface area is 339 Å². The van der Waals surface area contributed by atoms with E-state index in [4.69, 9.17) is 14.2 Å². The maximum Gasteiger partial charge on any atom is 0.407 e. The van der Waals surface area contributed by atoms with E-state index in [-0.39, 0.29) is 25.2 Å².